The molecule has 0 bridgehead atoms. The molecular formula is C20H22BrNO2. The number of nitrogens with zero attached hydrogens (tertiary/aromatic N) is 1. The number of likely N-dealkylation sites (tertiary alicyclic amines) is 1. The van der Waals surface area contributed by atoms with Crippen molar-refractivity contribution in [1.82, 2.24) is 4.90 Å². The average Bonchev–Trinajstić information content (AvgIpc) is 2.58. The van der Waals surface area contributed by atoms with E-state index in [1.54, 1.807) is 0 Å². The Kier molecular flexibility index (Phi) is 5.36. The zero-order valence-electron chi connectivity index (χ0n) is 13.9. The Balaban J connectivity index is 1.54. The van der Waals surface area contributed by atoms with E-state index in [2.05, 4.69) is 45.1 Å². The number of aryl methyl sites for hydroxylation is 1. The third-order valence-corrected chi connectivity index (χ3v) is 5.37. The second-order valence-electron chi connectivity index (χ2n) is 6.40. The summed E-state index contributed by atoms with van der Waals surface area (Å²) in [4.78, 5) is 14.7. The minimum Gasteiger partial charge on any atom is -0.444 e. The van der Waals surface area contributed by atoms with E-state index in [1.165, 1.54) is 5.56 Å². The normalized spacial score (nSPS) is 17.4. The van der Waals surface area contributed by atoms with Crippen LogP contribution in [0.15, 0.2) is 54.6 Å². The number of benzene rings is 2. The molecule has 1 heterocycles. The number of esters is 1. The Morgan fingerprint density at radius 2 is 1.71 bits per heavy atom. The molecule has 4 heteroatoms. The highest BCUT2D eigenvalue weighted by molar-refractivity contribution is 9.10. The van der Waals surface area contributed by atoms with Gasteiger partial charge in [-0.3, -0.25) is 4.90 Å². The van der Waals surface area contributed by atoms with Crippen LogP contribution < -0.4 is 0 Å². The first-order valence-electron chi connectivity index (χ1n) is 8.29. The van der Waals surface area contributed by atoms with E-state index >= 15 is 0 Å². The summed E-state index contributed by atoms with van der Waals surface area (Å²) >= 11 is 3.65. The van der Waals surface area contributed by atoms with Crippen molar-refractivity contribution >= 4 is 21.9 Å². The maximum Gasteiger partial charge on any atom is 0.339 e. The van der Waals surface area contributed by atoms with Crippen molar-refractivity contribution in [1.29, 1.82) is 0 Å². The van der Waals surface area contributed by atoms with Crippen LogP contribution in [0, 0.1) is 6.92 Å². The van der Waals surface area contributed by atoms with Crippen molar-refractivity contribution in [2.24, 2.45) is 0 Å². The third-order valence-electron chi connectivity index (χ3n) is 4.41. The predicted octanol–water partition coefficient (Wildman–Crippen LogP) is 4.54. The van der Waals surface area contributed by atoms with Crippen molar-refractivity contribution in [2.45, 2.75) is 30.8 Å². The fourth-order valence-corrected chi connectivity index (χ4v) is 3.41. The molecule has 126 valence electrons. The van der Waals surface area contributed by atoms with Gasteiger partial charge in [0.15, 0.2) is 4.51 Å². The van der Waals surface area contributed by atoms with Crippen molar-refractivity contribution in [3.8, 4) is 0 Å². The van der Waals surface area contributed by atoms with Gasteiger partial charge in [-0.2, -0.15) is 0 Å². The molecule has 1 fully saturated rings. The Morgan fingerprint density at radius 3 is 2.33 bits per heavy atom. The third kappa shape index (κ3) is 4.46. The minimum absolute atomic E-state index is 0.261. The average molecular weight is 388 g/mol. The van der Waals surface area contributed by atoms with Crippen LogP contribution in [0.5, 0.6) is 0 Å². The van der Waals surface area contributed by atoms with Gasteiger partial charge >= 0.3 is 5.97 Å². The summed E-state index contributed by atoms with van der Waals surface area (Å²) in [6, 6.07) is 18.0. The summed E-state index contributed by atoms with van der Waals surface area (Å²) in [7, 11) is 0. The molecule has 1 aliphatic heterocycles. The molecule has 0 N–H and O–H groups in total. The molecule has 0 aromatic heterocycles. The molecule has 3 nitrogen and oxygen atoms in total. The van der Waals surface area contributed by atoms with Crippen molar-refractivity contribution in [3.63, 3.8) is 0 Å². The van der Waals surface area contributed by atoms with E-state index in [-0.39, 0.29) is 5.97 Å². The van der Waals surface area contributed by atoms with E-state index in [1.807, 2.05) is 37.3 Å². The van der Waals surface area contributed by atoms with Gasteiger partial charge in [0, 0.05) is 32.5 Å². The lowest BCUT2D eigenvalue weighted by Crippen LogP contribution is -2.43. The van der Waals surface area contributed by atoms with E-state index in [4.69, 9.17) is 4.74 Å². The van der Waals surface area contributed by atoms with Crippen LogP contribution in [-0.4, -0.2) is 28.5 Å². The summed E-state index contributed by atoms with van der Waals surface area (Å²) in [6.45, 7) is 4.75. The zero-order valence-corrected chi connectivity index (χ0v) is 15.5. The first-order chi connectivity index (χ1) is 11.5. The molecule has 0 amide bonds. The van der Waals surface area contributed by atoms with Crippen molar-refractivity contribution in [2.75, 3.05) is 13.1 Å². The number of hydrogen-bond donors (Lipinski definition) is 0. The summed E-state index contributed by atoms with van der Waals surface area (Å²) in [5.74, 6) is -0.261. The lowest BCUT2D eigenvalue weighted by Gasteiger charge is -2.37. The standard InChI is InChI=1S/C20H22BrNO2/c1-16-7-9-18(10-8-16)19(23)24-20(21)11-13-22(14-12-20)15-17-5-3-2-4-6-17/h2-10H,11-15H2,1H3. The zero-order chi connectivity index (χ0) is 17.0. The maximum atomic E-state index is 12.3. The Morgan fingerprint density at radius 1 is 1.08 bits per heavy atom. The van der Waals surface area contributed by atoms with Crippen LogP contribution in [0.3, 0.4) is 0 Å². The van der Waals surface area contributed by atoms with Gasteiger partial charge in [0.2, 0.25) is 0 Å². The molecule has 2 aromatic rings. The summed E-state index contributed by atoms with van der Waals surface area (Å²) in [6.07, 6.45) is 1.58. The molecule has 24 heavy (non-hydrogen) atoms. The monoisotopic (exact) mass is 387 g/mol. The van der Waals surface area contributed by atoms with Gasteiger partial charge < -0.3 is 4.74 Å². The minimum atomic E-state index is -0.553. The fourth-order valence-electron chi connectivity index (χ4n) is 2.90. The Hall–Kier alpha value is -1.65. The highest BCUT2D eigenvalue weighted by Gasteiger charge is 2.35. The highest BCUT2D eigenvalue weighted by atomic mass is 79.9. The highest BCUT2D eigenvalue weighted by Crippen LogP contribution is 2.34. The van der Waals surface area contributed by atoms with Crippen LogP contribution in [0.25, 0.3) is 0 Å². The first kappa shape index (κ1) is 17.2. The first-order valence-corrected chi connectivity index (χ1v) is 9.09. The van der Waals surface area contributed by atoms with Gasteiger partial charge in [-0.1, -0.05) is 48.0 Å². The molecule has 1 saturated heterocycles. The Labute approximate surface area is 151 Å². The second kappa shape index (κ2) is 7.49. The molecule has 0 unspecified atom stereocenters. The number of rotatable bonds is 4. The van der Waals surface area contributed by atoms with E-state index in [9.17, 15) is 4.79 Å². The van der Waals surface area contributed by atoms with Crippen LogP contribution in [0.2, 0.25) is 0 Å². The van der Waals surface area contributed by atoms with Crippen LogP contribution in [-0.2, 0) is 11.3 Å². The number of carbonyl (C=O) groups excluding carboxylic acids is 1. The molecule has 1 aliphatic rings. The summed E-state index contributed by atoms with van der Waals surface area (Å²) in [5.41, 5.74) is 3.05. The smallest absolute Gasteiger partial charge is 0.339 e. The Bertz CT molecular complexity index is 677. The van der Waals surface area contributed by atoms with Crippen LogP contribution in [0.1, 0.15) is 34.3 Å². The topological polar surface area (TPSA) is 29.5 Å². The lowest BCUT2D eigenvalue weighted by atomic mass is 10.1. The fraction of sp³-hybridized carbons (Fsp3) is 0.350. The largest absolute Gasteiger partial charge is 0.444 e. The molecule has 0 radical (unpaired) electrons. The molecule has 0 spiro atoms. The number of halogens is 1. The van der Waals surface area contributed by atoms with E-state index in [0.717, 1.165) is 38.0 Å². The molecule has 0 saturated carbocycles. The van der Waals surface area contributed by atoms with Crippen LogP contribution in [0.4, 0.5) is 0 Å². The van der Waals surface area contributed by atoms with E-state index < -0.39 is 4.51 Å². The number of ether oxygens (including phenoxy) is 1. The van der Waals surface area contributed by atoms with Gasteiger partial charge in [-0.15, -0.1) is 0 Å². The van der Waals surface area contributed by atoms with Gasteiger partial charge in [0.1, 0.15) is 0 Å². The van der Waals surface area contributed by atoms with Gasteiger partial charge in [-0.05, 0) is 40.5 Å². The van der Waals surface area contributed by atoms with Gasteiger partial charge in [-0.25, -0.2) is 4.79 Å². The number of alkyl halides is 1. The molecule has 3 rings (SSSR count). The van der Waals surface area contributed by atoms with Gasteiger partial charge in [0.25, 0.3) is 0 Å². The quantitative estimate of drug-likeness (QED) is 0.569. The molecule has 0 aliphatic carbocycles. The van der Waals surface area contributed by atoms with Crippen molar-refractivity contribution in [3.05, 3.63) is 71.3 Å². The molecule has 0 atom stereocenters. The molecular weight excluding hydrogens is 366 g/mol. The maximum absolute atomic E-state index is 12.3. The number of carbonyl (C=O) groups is 1. The summed E-state index contributed by atoms with van der Waals surface area (Å²) in [5, 5.41) is 0. The van der Waals surface area contributed by atoms with E-state index in [0.29, 0.717) is 5.56 Å². The van der Waals surface area contributed by atoms with Crippen LogP contribution >= 0.6 is 15.9 Å². The van der Waals surface area contributed by atoms with Crippen molar-refractivity contribution < 1.29 is 9.53 Å². The number of piperidine rings is 1. The summed E-state index contributed by atoms with van der Waals surface area (Å²) < 4.78 is 5.20. The number of hydrogen-bond acceptors (Lipinski definition) is 3. The second-order valence-corrected chi connectivity index (χ2v) is 7.85. The van der Waals surface area contributed by atoms with Gasteiger partial charge in [0.05, 0.1) is 5.56 Å². The molecule has 2 aromatic carbocycles. The SMILES string of the molecule is Cc1ccc(C(=O)OC2(Br)CCN(Cc3ccccc3)CC2)cc1. The lowest BCUT2D eigenvalue weighted by molar-refractivity contribution is -0.00115. The predicted molar refractivity (Wildman–Crippen MR) is 99.2 cm³/mol.